The smallest absolute Gasteiger partial charge is 0.231 e. The van der Waals surface area contributed by atoms with E-state index in [1.807, 2.05) is 36.0 Å². The van der Waals surface area contributed by atoms with Crippen LogP contribution < -0.4 is 20.1 Å². The van der Waals surface area contributed by atoms with Gasteiger partial charge in [-0.2, -0.15) is 11.8 Å². The summed E-state index contributed by atoms with van der Waals surface area (Å²) in [6.45, 7) is 1.14. The minimum atomic E-state index is 0.280. The van der Waals surface area contributed by atoms with Crippen molar-refractivity contribution < 1.29 is 9.47 Å². The van der Waals surface area contributed by atoms with Crippen molar-refractivity contribution >= 4 is 34.8 Å². The van der Waals surface area contributed by atoms with E-state index in [9.17, 15) is 0 Å². The number of hydrogen-bond acceptors (Lipinski definition) is 4. The number of ether oxygens (including phenoxy) is 2. The molecule has 0 saturated carbocycles. The molecule has 0 aromatic heterocycles. The summed E-state index contributed by atoms with van der Waals surface area (Å²) in [5.74, 6) is 3.69. The first-order valence-corrected chi connectivity index (χ1v) is 9.44. The van der Waals surface area contributed by atoms with Crippen LogP contribution in [0.1, 0.15) is 12.0 Å². The molecule has 0 atom stereocenters. The third-order valence-electron chi connectivity index (χ3n) is 3.49. The number of fused-ring (bicyclic) bond motifs is 1. The van der Waals surface area contributed by atoms with Gasteiger partial charge in [0.2, 0.25) is 6.79 Å². The van der Waals surface area contributed by atoms with Gasteiger partial charge < -0.3 is 20.1 Å². The second-order valence-corrected chi connectivity index (χ2v) is 6.85. The molecular weight excluding hydrogens is 340 g/mol. The van der Waals surface area contributed by atoms with Gasteiger partial charge in [-0.15, -0.1) is 0 Å². The van der Waals surface area contributed by atoms with Crippen LogP contribution in [0.2, 0.25) is 0 Å². The molecule has 0 aliphatic carbocycles. The summed E-state index contributed by atoms with van der Waals surface area (Å²) in [5.41, 5.74) is 2.27. The van der Waals surface area contributed by atoms with E-state index >= 15 is 0 Å². The summed E-state index contributed by atoms with van der Waals surface area (Å²) in [5, 5.41) is 7.03. The number of anilines is 1. The maximum Gasteiger partial charge on any atom is 0.231 e. The van der Waals surface area contributed by atoms with E-state index in [0.717, 1.165) is 41.7 Å². The van der Waals surface area contributed by atoms with Crippen LogP contribution in [0.15, 0.2) is 48.5 Å². The van der Waals surface area contributed by atoms with E-state index in [4.69, 9.17) is 21.7 Å². The Morgan fingerprint density at radius 1 is 1.08 bits per heavy atom. The number of thioether (sulfide) groups is 1. The van der Waals surface area contributed by atoms with Crippen LogP contribution in [0.25, 0.3) is 0 Å². The van der Waals surface area contributed by atoms with Crippen molar-refractivity contribution in [1.82, 2.24) is 5.32 Å². The van der Waals surface area contributed by atoms with Crippen LogP contribution >= 0.6 is 24.0 Å². The summed E-state index contributed by atoms with van der Waals surface area (Å²) in [4.78, 5) is 0. The summed E-state index contributed by atoms with van der Waals surface area (Å²) < 4.78 is 10.6. The minimum Gasteiger partial charge on any atom is -0.454 e. The molecule has 126 valence electrons. The average molecular weight is 361 g/mol. The number of nitrogens with one attached hydrogen (secondary N) is 2. The molecule has 6 heteroatoms. The first-order chi connectivity index (χ1) is 11.8. The zero-order valence-corrected chi connectivity index (χ0v) is 14.9. The molecule has 0 bridgehead atoms. The number of hydrogen-bond donors (Lipinski definition) is 2. The Hall–Kier alpha value is -1.92. The second kappa shape index (κ2) is 8.80. The normalized spacial score (nSPS) is 12.0. The van der Waals surface area contributed by atoms with Gasteiger partial charge >= 0.3 is 0 Å². The van der Waals surface area contributed by atoms with Gasteiger partial charge in [0.1, 0.15) is 0 Å². The molecule has 0 unspecified atom stereocenters. The van der Waals surface area contributed by atoms with Gasteiger partial charge in [-0.25, -0.2) is 0 Å². The van der Waals surface area contributed by atoms with Crippen molar-refractivity contribution in [3.8, 4) is 11.5 Å². The highest BCUT2D eigenvalue weighted by atomic mass is 32.2. The van der Waals surface area contributed by atoms with Crippen molar-refractivity contribution in [2.24, 2.45) is 0 Å². The lowest BCUT2D eigenvalue weighted by molar-refractivity contribution is 0.174. The van der Waals surface area contributed by atoms with Gasteiger partial charge in [0.05, 0.1) is 0 Å². The minimum absolute atomic E-state index is 0.280. The molecule has 3 rings (SSSR count). The molecule has 0 spiro atoms. The van der Waals surface area contributed by atoms with Crippen molar-refractivity contribution in [2.45, 2.75) is 12.2 Å². The molecule has 0 fully saturated rings. The van der Waals surface area contributed by atoms with Gasteiger partial charge in [-0.3, -0.25) is 0 Å². The topological polar surface area (TPSA) is 42.5 Å². The predicted octanol–water partition coefficient (Wildman–Crippen LogP) is 4.03. The highest BCUT2D eigenvalue weighted by Gasteiger charge is 2.13. The molecular formula is C18H20N2O2S2. The summed E-state index contributed by atoms with van der Waals surface area (Å²) in [6, 6.07) is 16.2. The maximum absolute atomic E-state index is 5.35. The molecule has 1 aliphatic heterocycles. The molecule has 24 heavy (non-hydrogen) atoms. The van der Waals surface area contributed by atoms with Gasteiger partial charge in [0.25, 0.3) is 0 Å². The fraction of sp³-hybridized carbons (Fsp3) is 0.278. The Balaban J connectivity index is 1.30. The lowest BCUT2D eigenvalue weighted by Crippen LogP contribution is -2.29. The van der Waals surface area contributed by atoms with Crippen molar-refractivity contribution in [2.75, 3.05) is 24.4 Å². The van der Waals surface area contributed by atoms with Crippen molar-refractivity contribution in [1.29, 1.82) is 0 Å². The monoisotopic (exact) mass is 360 g/mol. The Morgan fingerprint density at radius 2 is 1.92 bits per heavy atom. The molecule has 4 nitrogen and oxygen atoms in total. The van der Waals surface area contributed by atoms with Crippen molar-refractivity contribution in [3.63, 3.8) is 0 Å². The van der Waals surface area contributed by atoms with E-state index in [1.165, 1.54) is 5.56 Å². The Morgan fingerprint density at radius 3 is 2.79 bits per heavy atom. The van der Waals surface area contributed by atoms with Gasteiger partial charge in [-0.1, -0.05) is 30.3 Å². The third kappa shape index (κ3) is 5.04. The Kier molecular flexibility index (Phi) is 6.20. The first kappa shape index (κ1) is 16.9. The summed E-state index contributed by atoms with van der Waals surface area (Å²) in [7, 11) is 0. The van der Waals surface area contributed by atoms with E-state index in [2.05, 4.69) is 34.9 Å². The van der Waals surface area contributed by atoms with Crippen LogP contribution in [-0.2, 0) is 5.75 Å². The van der Waals surface area contributed by atoms with E-state index < -0.39 is 0 Å². The molecule has 0 radical (unpaired) electrons. The Bertz CT molecular complexity index is 680. The van der Waals surface area contributed by atoms with E-state index in [-0.39, 0.29) is 6.79 Å². The zero-order chi connectivity index (χ0) is 16.6. The molecule has 0 saturated heterocycles. The lowest BCUT2D eigenvalue weighted by Gasteiger charge is -2.11. The van der Waals surface area contributed by atoms with E-state index in [0.29, 0.717) is 5.11 Å². The fourth-order valence-corrected chi connectivity index (χ4v) is 3.43. The van der Waals surface area contributed by atoms with Crippen LogP contribution in [0, 0.1) is 0 Å². The SMILES string of the molecule is S=C(NCCCSCc1ccccc1)Nc1ccc2c(c1)OCO2. The second-order valence-electron chi connectivity index (χ2n) is 5.34. The fourth-order valence-electron chi connectivity index (χ4n) is 2.29. The standard InChI is InChI=1S/C18H20N2O2S2/c23-18(20-15-7-8-16-17(11-15)22-13-21-16)19-9-4-10-24-12-14-5-2-1-3-6-14/h1-3,5-8,11H,4,9-10,12-13H2,(H2,19,20,23). The predicted molar refractivity (Wildman–Crippen MR) is 104 cm³/mol. The molecule has 1 aliphatic rings. The number of rotatable bonds is 7. The Labute approximate surface area is 151 Å². The summed E-state index contributed by atoms with van der Waals surface area (Å²) >= 11 is 7.26. The van der Waals surface area contributed by atoms with Gasteiger partial charge in [-0.05, 0) is 42.1 Å². The highest BCUT2D eigenvalue weighted by molar-refractivity contribution is 7.98. The first-order valence-electron chi connectivity index (χ1n) is 7.87. The number of benzene rings is 2. The van der Waals surface area contributed by atoms with Crippen LogP contribution in [0.3, 0.4) is 0 Å². The molecule has 2 aromatic rings. The van der Waals surface area contributed by atoms with Crippen LogP contribution in [0.4, 0.5) is 5.69 Å². The third-order valence-corrected chi connectivity index (χ3v) is 4.85. The largest absolute Gasteiger partial charge is 0.454 e. The molecule has 2 aromatic carbocycles. The lowest BCUT2D eigenvalue weighted by atomic mass is 10.2. The molecule has 2 N–H and O–H groups in total. The average Bonchev–Trinajstić information content (AvgIpc) is 3.06. The molecule has 1 heterocycles. The highest BCUT2D eigenvalue weighted by Crippen LogP contribution is 2.34. The van der Waals surface area contributed by atoms with Crippen LogP contribution in [-0.4, -0.2) is 24.2 Å². The van der Waals surface area contributed by atoms with Gasteiger partial charge in [0, 0.05) is 24.1 Å². The number of thiocarbonyl (C=S) groups is 1. The van der Waals surface area contributed by atoms with Gasteiger partial charge in [0.15, 0.2) is 16.6 Å². The summed E-state index contributed by atoms with van der Waals surface area (Å²) in [6.07, 6.45) is 1.07. The molecule has 0 amide bonds. The quantitative estimate of drug-likeness (QED) is 0.574. The van der Waals surface area contributed by atoms with E-state index in [1.54, 1.807) is 0 Å². The maximum atomic E-state index is 5.35. The van der Waals surface area contributed by atoms with Crippen LogP contribution in [0.5, 0.6) is 11.5 Å². The van der Waals surface area contributed by atoms with Crippen molar-refractivity contribution in [3.05, 3.63) is 54.1 Å². The zero-order valence-electron chi connectivity index (χ0n) is 13.3.